The van der Waals surface area contributed by atoms with Gasteiger partial charge in [0.15, 0.2) is 0 Å². The van der Waals surface area contributed by atoms with Gasteiger partial charge >= 0.3 is 5.97 Å². The fraction of sp³-hybridized carbons (Fsp3) is 0.474. The number of hydrogen-bond acceptors (Lipinski definition) is 5. The number of carbonyl (C=O) groups excluding carboxylic acids is 1. The minimum atomic E-state index is -0.865. The second-order valence-electron chi connectivity index (χ2n) is 7.15. The zero-order chi connectivity index (χ0) is 19.6. The lowest BCUT2D eigenvalue weighted by Crippen LogP contribution is -2.45. The molecule has 1 N–H and O–H groups in total. The molecule has 1 amide bonds. The van der Waals surface area contributed by atoms with Crippen LogP contribution >= 0.6 is 0 Å². The number of nitrogens with zero attached hydrogens (tertiary/aromatic N) is 3. The molecule has 2 atom stereocenters. The molecule has 0 spiro atoms. The second kappa shape index (κ2) is 7.85. The molecule has 1 fully saturated rings. The number of carboxylic acids is 1. The first kappa shape index (κ1) is 19.0. The van der Waals surface area contributed by atoms with Crippen molar-refractivity contribution in [1.82, 2.24) is 15.0 Å². The highest BCUT2D eigenvalue weighted by Crippen LogP contribution is 2.23. The zero-order valence-electron chi connectivity index (χ0n) is 15.3. The number of benzene rings is 1. The Balaban J connectivity index is 1.60. The molecule has 2 aromatic rings. The van der Waals surface area contributed by atoms with Crippen molar-refractivity contribution in [3.8, 4) is 11.4 Å². The van der Waals surface area contributed by atoms with E-state index in [9.17, 15) is 19.1 Å². The van der Waals surface area contributed by atoms with Gasteiger partial charge in [0.25, 0.3) is 0 Å². The molecular formula is C19H22FN3O4. The summed E-state index contributed by atoms with van der Waals surface area (Å²) >= 11 is 0. The van der Waals surface area contributed by atoms with Crippen LogP contribution in [0.2, 0.25) is 0 Å². The van der Waals surface area contributed by atoms with Crippen LogP contribution in [0, 0.1) is 24.6 Å². The molecule has 2 heterocycles. The molecule has 3 rings (SSSR count). The van der Waals surface area contributed by atoms with Crippen LogP contribution in [0.3, 0.4) is 0 Å². The van der Waals surface area contributed by atoms with E-state index in [-0.39, 0.29) is 37.0 Å². The number of amides is 1. The van der Waals surface area contributed by atoms with E-state index in [4.69, 9.17) is 4.52 Å². The Morgan fingerprint density at radius 2 is 2.15 bits per heavy atom. The van der Waals surface area contributed by atoms with Gasteiger partial charge in [0.1, 0.15) is 5.82 Å². The van der Waals surface area contributed by atoms with E-state index in [0.29, 0.717) is 35.8 Å². The van der Waals surface area contributed by atoms with Gasteiger partial charge in [-0.1, -0.05) is 12.1 Å². The number of piperidine rings is 1. The summed E-state index contributed by atoms with van der Waals surface area (Å²) in [5.41, 5.74) is 1.13. The zero-order valence-corrected chi connectivity index (χ0v) is 15.3. The summed E-state index contributed by atoms with van der Waals surface area (Å²) in [5.74, 6) is -0.989. The molecular weight excluding hydrogens is 353 g/mol. The van der Waals surface area contributed by atoms with Crippen molar-refractivity contribution in [3.05, 3.63) is 35.5 Å². The van der Waals surface area contributed by atoms with Gasteiger partial charge < -0.3 is 14.5 Å². The van der Waals surface area contributed by atoms with Crippen LogP contribution in [0.15, 0.2) is 22.7 Å². The van der Waals surface area contributed by atoms with Crippen LogP contribution < -0.4 is 0 Å². The van der Waals surface area contributed by atoms with E-state index in [2.05, 4.69) is 10.1 Å². The van der Waals surface area contributed by atoms with Crippen LogP contribution in [0.5, 0.6) is 0 Å². The van der Waals surface area contributed by atoms with Crippen molar-refractivity contribution in [2.75, 3.05) is 13.1 Å². The molecule has 1 aromatic heterocycles. The molecule has 1 aliphatic heterocycles. The maximum atomic E-state index is 13.4. The highest BCUT2D eigenvalue weighted by atomic mass is 19.1. The number of aromatic nitrogens is 2. The average molecular weight is 375 g/mol. The summed E-state index contributed by atoms with van der Waals surface area (Å²) in [6.45, 7) is 4.40. The molecule has 0 saturated carbocycles. The molecule has 0 bridgehead atoms. The number of aryl methyl sites for hydroxylation is 2. The van der Waals surface area contributed by atoms with Gasteiger partial charge in [-0.3, -0.25) is 9.59 Å². The Hall–Kier alpha value is -2.77. The molecule has 1 saturated heterocycles. The van der Waals surface area contributed by atoms with E-state index >= 15 is 0 Å². The number of halogens is 1. The highest BCUT2D eigenvalue weighted by Gasteiger charge is 2.31. The number of rotatable bonds is 5. The molecule has 2 unspecified atom stereocenters. The van der Waals surface area contributed by atoms with Gasteiger partial charge in [-0.15, -0.1) is 0 Å². The molecule has 1 aliphatic rings. The maximum Gasteiger partial charge on any atom is 0.308 e. The molecule has 27 heavy (non-hydrogen) atoms. The van der Waals surface area contributed by atoms with Crippen molar-refractivity contribution in [1.29, 1.82) is 0 Å². The van der Waals surface area contributed by atoms with Crippen molar-refractivity contribution in [3.63, 3.8) is 0 Å². The van der Waals surface area contributed by atoms with Gasteiger partial charge in [-0.2, -0.15) is 4.98 Å². The number of likely N-dealkylation sites (tertiary alicyclic amines) is 1. The minimum absolute atomic E-state index is 0.120. The molecule has 1 aromatic carbocycles. The van der Waals surface area contributed by atoms with Gasteiger partial charge in [0, 0.05) is 31.5 Å². The van der Waals surface area contributed by atoms with Crippen molar-refractivity contribution >= 4 is 11.9 Å². The summed E-state index contributed by atoms with van der Waals surface area (Å²) in [7, 11) is 0. The third-order valence-corrected chi connectivity index (χ3v) is 4.80. The monoisotopic (exact) mass is 375 g/mol. The predicted molar refractivity (Wildman–Crippen MR) is 94.2 cm³/mol. The molecule has 0 radical (unpaired) electrons. The van der Waals surface area contributed by atoms with Crippen LogP contribution in [0.1, 0.15) is 31.2 Å². The smallest absolute Gasteiger partial charge is 0.308 e. The quantitative estimate of drug-likeness (QED) is 0.863. The maximum absolute atomic E-state index is 13.4. The number of hydrogen-bond donors (Lipinski definition) is 1. The number of carboxylic acid groups (broad SMARTS) is 1. The Morgan fingerprint density at radius 3 is 2.85 bits per heavy atom. The Kier molecular flexibility index (Phi) is 5.53. The van der Waals surface area contributed by atoms with Crippen LogP contribution in [-0.4, -0.2) is 45.1 Å². The van der Waals surface area contributed by atoms with Crippen LogP contribution in [0.4, 0.5) is 4.39 Å². The minimum Gasteiger partial charge on any atom is -0.481 e. The summed E-state index contributed by atoms with van der Waals surface area (Å²) in [5, 5.41) is 13.1. The fourth-order valence-corrected chi connectivity index (χ4v) is 3.36. The SMILES string of the molecule is Cc1cc(-c2noc(CCC(=O)N3CC(C)CC(C(=O)O)C3)n2)ccc1F. The Morgan fingerprint density at radius 1 is 1.37 bits per heavy atom. The van der Waals surface area contributed by atoms with Crippen molar-refractivity contribution in [2.24, 2.45) is 11.8 Å². The molecule has 7 nitrogen and oxygen atoms in total. The fourth-order valence-electron chi connectivity index (χ4n) is 3.36. The van der Waals surface area contributed by atoms with E-state index in [1.54, 1.807) is 24.0 Å². The Bertz CT molecular complexity index is 851. The summed E-state index contributed by atoms with van der Waals surface area (Å²) in [4.78, 5) is 29.5. The topological polar surface area (TPSA) is 96.5 Å². The lowest BCUT2D eigenvalue weighted by atomic mass is 9.90. The van der Waals surface area contributed by atoms with E-state index < -0.39 is 11.9 Å². The van der Waals surface area contributed by atoms with Gasteiger partial charge in [-0.25, -0.2) is 4.39 Å². The lowest BCUT2D eigenvalue weighted by Gasteiger charge is -2.34. The summed E-state index contributed by atoms with van der Waals surface area (Å²) < 4.78 is 18.6. The molecule has 144 valence electrons. The third-order valence-electron chi connectivity index (χ3n) is 4.80. The van der Waals surface area contributed by atoms with E-state index in [0.717, 1.165) is 0 Å². The van der Waals surface area contributed by atoms with Crippen molar-refractivity contribution in [2.45, 2.75) is 33.1 Å². The summed E-state index contributed by atoms with van der Waals surface area (Å²) in [6, 6.07) is 4.56. The number of carbonyl (C=O) groups is 2. The second-order valence-corrected chi connectivity index (χ2v) is 7.15. The van der Waals surface area contributed by atoms with Gasteiger partial charge in [-0.05, 0) is 43.0 Å². The average Bonchev–Trinajstić information content (AvgIpc) is 3.10. The normalized spacial score (nSPS) is 19.9. The van der Waals surface area contributed by atoms with E-state index in [1.165, 1.54) is 6.07 Å². The van der Waals surface area contributed by atoms with E-state index in [1.807, 2.05) is 6.92 Å². The first-order chi connectivity index (χ1) is 12.8. The van der Waals surface area contributed by atoms with Gasteiger partial charge in [0.05, 0.1) is 5.92 Å². The van der Waals surface area contributed by atoms with Crippen LogP contribution in [-0.2, 0) is 16.0 Å². The first-order valence-electron chi connectivity index (χ1n) is 8.93. The molecule has 8 heteroatoms. The summed E-state index contributed by atoms with van der Waals surface area (Å²) in [6.07, 6.45) is 1.03. The predicted octanol–water partition coefficient (Wildman–Crippen LogP) is 2.69. The lowest BCUT2D eigenvalue weighted by molar-refractivity contribution is -0.146. The number of aliphatic carboxylic acids is 1. The Labute approximate surface area is 156 Å². The van der Waals surface area contributed by atoms with Crippen LogP contribution in [0.25, 0.3) is 11.4 Å². The first-order valence-corrected chi connectivity index (χ1v) is 8.93. The van der Waals surface area contributed by atoms with Crippen molar-refractivity contribution < 1.29 is 23.6 Å². The highest BCUT2D eigenvalue weighted by molar-refractivity contribution is 5.78. The standard InChI is InChI=1S/C19H22FN3O4/c1-11-7-14(19(25)26)10-23(9-11)17(24)6-5-16-21-18(22-27-16)13-3-4-15(20)12(2)8-13/h3-4,8,11,14H,5-7,9-10H2,1-2H3,(H,25,26). The van der Waals surface area contributed by atoms with Gasteiger partial charge in [0.2, 0.25) is 17.6 Å². The third kappa shape index (κ3) is 4.50. The largest absolute Gasteiger partial charge is 0.481 e. The molecule has 0 aliphatic carbocycles.